The van der Waals surface area contributed by atoms with Crippen molar-refractivity contribution < 1.29 is 4.79 Å². The van der Waals surface area contributed by atoms with Crippen LogP contribution in [0, 0.1) is 11.8 Å². The zero-order chi connectivity index (χ0) is 12.8. The highest BCUT2D eigenvalue weighted by Gasteiger charge is 2.05. The number of hydrogen-bond donors (Lipinski definition) is 3. The van der Waals surface area contributed by atoms with Crippen LogP contribution < -0.4 is 11.1 Å². The van der Waals surface area contributed by atoms with Crippen LogP contribution in [0.3, 0.4) is 0 Å². The molecule has 4 N–H and O–H groups in total. The van der Waals surface area contributed by atoms with Gasteiger partial charge in [0.15, 0.2) is 0 Å². The lowest BCUT2D eigenvalue weighted by molar-refractivity contribution is 0.102. The summed E-state index contributed by atoms with van der Waals surface area (Å²) in [6, 6.07) is 10.8. The normalized spacial score (nSPS) is 9.39. The van der Waals surface area contributed by atoms with Crippen LogP contribution in [-0.2, 0) is 0 Å². The minimum atomic E-state index is -0.166. The van der Waals surface area contributed by atoms with Crippen LogP contribution in [0.2, 0.25) is 0 Å². The lowest BCUT2D eigenvalue weighted by Gasteiger charge is -2.03. The van der Waals surface area contributed by atoms with Crippen LogP contribution in [0.25, 0.3) is 0 Å². The van der Waals surface area contributed by atoms with Gasteiger partial charge in [-0.05, 0) is 36.4 Å². The standard InChI is InChI=1S/C14H13N3O/c15-9-1-3-11-5-7-12(8-6-11)17-14(18)13-4-2-10-16-13/h2,4-8,10,16H,9,15H2,(H,17,18). The number of nitrogens with two attached hydrogens (primary N) is 1. The molecule has 0 saturated carbocycles. The average molecular weight is 239 g/mol. The SMILES string of the molecule is NCC#Cc1ccc(NC(=O)c2ccc[nH]2)cc1. The maximum absolute atomic E-state index is 11.7. The molecule has 0 unspecified atom stereocenters. The van der Waals surface area contributed by atoms with Gasteiger partial charge in [-0.15, -0.1) is 0 Å². The summed E-state index contributed by atoms with van der Waals surface area (Å²) in [5.74, 6) is 5.53. The van der Waals surface area contributed by atoms with Gasteiger partial charge >= 0.3 is 0 Å². The molecule has 1 amide bonds. The molecule has 0 radical (unpaired) electrons. The number of carbonyl (C=O) groups is 1. The highest BCUT2D eigenvalue weighted by Crippen LogP contribution is 2.10. The number of hydrogen-bond acceptors (Lipinski definition) is 2. The van der Waals surface area contributed by atoms with E-state index in [1.54, 1.807) is 30.5 Å². The molecule has 0 saturated heterocycles. The number of aromatic nitrogens is 1. The Kier molecular flexibility index (Phi) is 3.79. The van der Waals surface area contributed by atoms with Gasteiger partial charge in [-0.2, -0.15) is 0 Å². The molecule has 1 aromatic carbocycles. The zero-order valence-electron chi connectivity index (χ0n) is 9.73. The quantitative estimate of drug-likeness (QED) is 0.696. The summed E-state index contributed by atoms with van der Waals surface area (Å²) in [4.78, 5) is 14.6. The first-order valence-corrected chi connectivity index (χ1v) is 5.53. The third-order valence-corrected chi connectivity index (χ3v) is 2.32. The molecule has 4 heteroatoms. The van der Waals surface area contributed by atoms with E-state index in [-0.39, 0.29) is 5.91 Å². The van der Waals surface area contributed by atoms with Gasteiger partial charge in [0.25, 0.3) is 5.91 Å². The van der Waals surface area contributed by atoms with E-state index in [2.05, 4.69) is 22.1 Å². The molecule has 90 valence electrons. The monoisotopic (exact) mass is 239 g/mol. The molecule has 0 aliphatic rings. The van der Waals surface area contributed by atoms with Gasteiger partial charge in [-0.1, -0.05) is 11.8 Å². The highest BCUT2D eigenvalue weighted by atomic mass is 16.1. The lowest BCUT2D eigenvalue weighted by Crippen LogP contribution is -2.11. The summed E-state index contributed by atoms with van der Waals surface area (Å²) in [6.45, 7) is 0.339. The van der Waals surface area contributed by atoms with E-state index in [1.165, 1.54) is 0 Å². The molecule has 2 rings (SSSR count). The molecule has 0 spiro atoms. The Morgan fingerprint density at radius 1 is 1.28 bits per heavy atom. The average Bonchev–Trinajstić information content (AvgIpc) is 2.92. The van der Waals surface area contributed by atoms with E-state index >= 15 is 0 Å². The molecule has 0 atom stereocenters. The van der Waals surface area contributed by atoms with Crippen LogP contribution in [0.5, 0.6) is 0 Å². The van der Waals surface area contributed by atoms with Gasteiger partial charge in [-0.3, -0.25) is 4.79 Å². The zero-order valence-corrected chi connectivity index (χ0v) is 9.73. The van der Waals surface area contributed by atoms with E-state index < -0.39 is 0 Å². The summed E-state index contributed by atoms with van der Waals surface area (Å²) in [7, 11) is 0. The summed E-state index contributed by atoms with van der Waals surface area (Å²) in [5.41, 5.74) is 7.42. The van der Waals surface area contributed by atoms with Gasteiger partial charge in [0.1, 0.15) is 5.69 Å². The molecule has 0 aliphatic heterocycles. The van der Waals surface area contributed by atoms with Crippen molar-refractivity contribution in [3.63, 3.8) is 0 Å². The maximum atomic E-state index is 11.7. The van der Waals surface area contributed by atoms with E-state index in [0.717, 1.165) is 11.3 Å². The minimum Gasteiger partial charge on any atom is -0.357 e. The minimum absolute atomic E-state index is 0.166. The Morgan fingerprint density at radius 2 is 2.06 bits per heavy atom. The molecular weight excluding hydrogens is 226 g/mol. The van der Waals surface area contributed by atoms with Crippen molar-refractivity contribution in [1.29, 1.82) is 0 Å². The second-order valence-corrected chi connectivity index (χ2v) is 3.62. The van der Waals surface area contributed by atoms with Crippen molar-refractivity contribution in [3.8, 4) is 11.8 Å². The van der Waals surface area contributed by atoms with E-state index in [9.17, 15) is 4.79 Å². The molecule has 0 fully saturated rings. The smallest absolute Gasteiger partial charge is 0.272 e. The first-order valence-electron chi connectivity index (χ1n) is 5.53. The van der Waals surface area contributed by atoms with Crippen LogP contribution in [-0.4, -0.2) is 17.4 Å². The van der Waals surface area contributed by atoms with Crippen LogP contribution >= 0.6 is 0 Å². The molecule has 1 heterocycles. The van der Waals surface area contributed by atoms with Crippen molar-refractivity contribution >= 4 is 11.6 Å². The van der Waals surface area contributed by atoms with Crippen molar-refractivity contribution in [1.82, 2.24) is 4.98 Å². The summed E-state index contributed by atoms with van der Waals surface area (Å²) < 4.78 is 0. The molecular formula is C14H13N3O. The number of benzene rings is 1. The van der Waals surface area contributed by atoms with E-state index in [0.29, 0.717) is 12.2 Å². The van der Waals surface area contributed by atoms with Crippen molar-refractivity contribution in [2.45, 2.75) is 0 Å². The Hall–Kier alpha value is -2.51. The van der Waals surface area contributed by atoms with Crippen LogP contribution in [0.1, 0.15) is 16.1 Å². The number of H-pyrrole nitrogens is 1. The summed E-state index contributed by atoms with van der Waals surface area (Å²) in [5, 5.41) is 2.78. The predicted octanol–water partition coefficient (Wildman–Crippen LogP) is 1.58. The fourth-order valence-corrected chi connectivity index (χ4v) is 1.46. The van der Waals surface area contributed by atoms with Crippen LogP contribution in [0.15, 0.2) is 42.6 Å². The largest absolute Gasteiger partial charge is 0.357 e. The Balaban J connectivity index is 2.04. The van der Waals surface area contributed by atoms with Gasteiger partial charge in [0, 0.05) is 17.4 Å². The second kappa shape index (κ2) is 5.71. The summed E-state index contributed by atoms with van der Waals surface area (Å²) >= 11 is 0. The second-order valence-electron chi connectivity index (χ2n) is 3.62. The van der Waals surface area contributed by atoms with Gasteiger partial charge in [-0.25, -0.2) is 0 Å². The number of amides is 1. The number of rotatable bonds is 2. The topological polar surface area (TPSA) is 70.9 Å². The molecule has 0 aliphatic carbocycles. The number of nitrogens with one attached hydrogen (secondary N) is 2. The Labute approximate surface area is 105 Å². The van der Waals surface area contributed by atoms with Crippen molar-refractivity contribution in [3.05, 3.63) is 53.9 Å². The van der Waals surface area contributed by atoms with E-state index in [1.807, 2.05) is 12.1 Å². The Bertz CT molecular complexity index is 574. The van der Waals surface area contributed by atoms with Crippen LogP contribution in [0.4, 0.5) is 5.69 Å². The maximum Gasteiger partial charge on any atom is 0.272 e. The predicted molar refractivity (Wildman–Crippen MR) is 71.1 cm³/mol. The van der Waals surface area contributed by atoms with Crippen molar-refractivity contribution in [2.24, 2.45) is 5.73 Å². The Morgan fingerprint density at radius 3 is 2.67 bits per heavy atom. The third-order valence-electron chi connectivity index (χ3n) is 2.32. The fraction of sp³-hybridized carbons (Fsp3) is 0.0714. The lowest BCUT2D eigenvalue weighted by atomic mass is 10.2. The highest BCUT2D eigenvalue weighted by molar-refractivity contribution is 6.02. The third kappa shape index (κ3) is 3.00. The van der Waals surface area contributed by atoms with Gasteiger partial charge in [0.05, 0.1) is 6.54 Å². The molecule has 0 bridgehead atoms. The first-order chi connectivity index (χ1) is 8.79. The molecule has 1 aromatic heterocycles. The first kappa shape index (κ1) is 12.0. The number of carbonyl (C=O) groups excluding carboxylic acids is 1. The fourth-order valence-electron chi connectivity index (χ4n) is 1.46. The molecule has 18 heavy (non-hydrogen) atoms. The number of aromatic amines is 1. The molecule has 2 aromatic rings. The summed E-state index contributed by atoms with van der Waals surface area (Å²) in [6.07, 6.45) is 1.71. The number of anilines is 1. The molecule has 4 nitrogen and oxygen atoms in total. The van der Waals surface area contributed by atoms with Gasteiger partial charge in [0.2, 0.25) is 0 Å². The van der Waals surface area contributed by atoms with E-state index in [4.69, 9.17) is 5.73 Å². The van der Waals surface area contributed by atoms with Crippen molar-refractivity contribution in [2.75, 3.05) is 11.9 Å². The van der Waals surface area contributed by atoms with Gasteiger partial charge < -0.3 is 16.0 Å².